The second-order valence-corrected chi connectivity index (χ2v) is 7.17. The maximum Gasteiger partial charge on any atom is 0.230 e. The van der Waals surface area contributed by atoms with Crippen molar-refractivity contribution in [2.75, 3.05) is 11.5 Å². The van der Waals surface area contributed by atoms with Gasteiger partial charge in [-0.25, -0.2) is 4.98 Å². The lowest BCUT2D eigenvalue weighted by Gasteiger charge is -2.11. The maximum atomic E-state index is 11.9. The molecule has 0 aromatic carbocycles. The van der Waals surface area contributed by atoms with Gasteiger partial charge in [0.15, 0.2) is 0 Å². The Kier molecular flexibility index (Phi) is 4.70. The van der Waals surface area contributed by atoms with Gasteiger partial charge in [0.1, 0.15) is 28.5 Å². The Hall–Kier alpha value is -2.55. The van der Waals surface area contributed by atoms with Crippen molar-refractivity contribution in [2.24, 2.45) is 0 Å². The Morgan fingerprint density at radius 1 is 1.42 bits per heavy atom. The molecule has 0 bridgehead atoms. The van der Waals surface area contributed by atoms with E-state index in [-0.39, 0.29) is 34.6 Å². The summed E-state index contributed by atoms with van der Waals surface area (Å²) in [6, 6.07) is 8.11. The highest BCUT2D eigenvalue weighted by atomic mass is 32.2. The molecule has 6 nitrogen and oxygen atoms in total. The summed E-state index contributed by atoms with van der Waals surface area (Å²) in [5.74, 6) is 0.145. The number of nitrogen functional groups attached to an aromatic ring is 1. The van der Waals surface area contributed by atoms with Crippen LogP contribution in [0.4, 0.5) is 5.82 Å². The molecule has 0 saturated heterocycles. The Morgan fingerprint density at radius 3 is 2.75 bits per heavy atom. The van der Waals surface area contributed by atoms with Crippen molar-refractivity contribution in [3.8, 4) is 22.6 Å². The molecule has 1 amide bonds. The predicted molar refractivity (Wildman–Crippen MR) is 93.3 cm³/mol. The van der Waals surface area contributed by atoms with Gasteiger partial charge < -0.3 is 11.1 Å². The van der Waals surface area contributed by atoms with Gasteiger partial charge in [-0.1, -0.05) is 17.8 Å². The fourth-order valence-corrected chi connectivity index (χ4v) is 3.79. The van der Waals surface area contributed by atoms with E-state index < -0.39 is 0 Å². The van der Waals surface area contributed by atoms with Crippen LogP contribution in [0, 0.1) is 22.7 Å². The summed E-state index contributed by atoms with van der Waals surface area (Å²) < 4.78 is 0. The third kappa shape index (κ3) is 3.35. The van der Waals surface area contributed by atoms with Gasteiger partial charge in [-0.2, -0.15) is 10.5 Å². The zero-order valence-corrected chi connectivity index (χ0v) is 14.2. The van der Waals surface area contributed by atoms with Gasteiger partial charge >= 0.3 is 0 Å². The van der Waals surface area contributed by atoms with Crippen LogP contribution in [-0.2, 0) is 4.79 Å². The molecule has 2 heterocycles. The molecule has 8 heteroatoms. The van der Waals surface area contributed by atoms with Crippen LogP contribution < -0.4 is 11.1 Å². The van der Waals surface area contributed by atoms with E-state index in [1.807, 2.05) is 23.6 Å². The Labute approximate surface area is 147 Å². The highest BCUT2D eigenvalue weighted by Gasteiger charge is 2.24. The Balaban J connectivity index is 1.96. The SMILES string of the molecule is N#Cc1c(N)nc(SCC(=O)NC2CC2)c(C#N)c1-c1cccs1. The molecule has 24 heavy (non-hydrogen) atoms. The average Bonchev–Trinajstić information content (AvgIpc) is 3.21. The first-order chi connectivity index (χ1) is 11.6. The number of hydrogen-bond acceptors (Lipinski definition) is 7. The lowest BCUT2D eigenvalue weighted by atomic mass is 10.0. The largest absolute Gasteiger partial charge is 0.383 e. The number of amides is 1. The first kappa shape index (κ1) is 16.3. The number of nitriles is 2. The van der Waals surface area contributed by atoms with E-state index in [0.29, 0.717) is 10.6 Å². The normalized spacial score (nSPS) is 13.1. The van der Waals surface area contributed by atoms with Crippen molar-refractivity contribution in [3.63, 3.8) is 0 Å². The molecule has 0 spiro atoms. The molecule has 1 aliphatic carbocycles. The van der Waals surface area contributed by atoms with Crippen LogP contribution in [0.3, 0.4) is 0 Å². The molecular weight excluding hydrogens is 342 g/mol. The highest BCUT2D eigenvalue weighted by Crippen LogP contribution is 2.37. The van der Waals surface area contributed by atoms with E-state index in [9.17, 15) is 15.3 Å². The summed E-state index contributed by atoms with van der Waals surface area (Å²) in [5, 5.41) is 24.1. The minimum Gasteiger partial charge on any atom is -0.383 e. The van der Waals surface area contributed by atoms with Gasteiger partial charge in [0, 0.05) is 16.5 Å². The maximum absolute atomic E-state index is 11.9. The predicted octanol–water partition coefficient (Wildman–Crippen LogP) is 2.51. The lowest BCUT2D eigenvalue weighted by Crippen LogP contribution is -2.27. The van der Waals surface area contributed by atoms with Gasteiger partial charge in [-0.15, -0.1) is 11.3 Å². The summed E-state index contributed by atoms with van der Waals surface area (Å²) in [7, 11) is 0. The number of aromatic nitrogens is 1. The van der Waals surface area contributed by atoms with Crippen LogP contribution in [0.1, 0.15) is 24.0 Å². The van der Waals surface area contributed by atoms with Gasteiger partial charge in [0.2, 0.25) is 5.91 Å². The quantitative estimate of drug-likeness (QED) is 0.796. The zero-order valence-electron chi connectivity index (χ0n) is 12.6. The second-order valence-electron chi connectivity index (χ2n) is 5.26. The van der Waals surface area contributed by atoms with Crippen molar-refractivity contribution in [1.29, 1.82) is 10.5 Å². The van der Waals surface area contributed by atoms with E-state index in [0.717, 1.165) is 29.5 Å². The van der Waals surface area contributed by atoms with E-state index in [1.54, 1.807) is 0 Å². The zero-order chi connectivity index (χ0) is 17.1. The number of hydrogen-bond donors (Lipinski definition) is 2. The minimum absolute atomic E-state index is 0.0741. The summed E-state index contributed by atoms with van der Waals surface area (Å²) in [6.07, 6.45) is 2.04. The number of carbonyl (C=O) groups excluding carboxylic acids is 1. The molecule has 0 radical (unpaired) electrons. The van der Waals surface area contributed by atoms with Gasteiger partial charge in [-0.3, -0.25) is 4.79 Å². The summed E-state index contributed by atoms with van der Waals surface area (Å²) in [4.78, 5) is 16.8. The molecule has 0 aliphatic heterocycles. The number of thioether (sulfide) groups is 1. The van der Waals surface area contributed by atoms with Crippen LogP contribution in [0.5, 0.6) is 0 Å². The molecule has 1 aliphatic rings. The third-order valence-electron chi connectivity index (χ3n) is 3.47. The number of rotatable bonds is 5. The molecule has 1 saturated carbocycles. The minimum atomic E-state index is -0.0891. The van der Waals surface area contributed by atoms with Crippen LogP contribution in [0.15, 0.2) is 22.5 Å². The highest BCUT2D eigenvalue weighted by molar-refractivity contribution is 8.00. The third-order valence-corrected chi connectivity index (χ3v) is 5.33. The summed E-state index contributed by atoms with van der Waals surface area (Å²) in [5.41, 5.74) is 6.88. The first-order valence-electron chi connectivity index (χ1n) is 7.23. The van der Waals surface area contributed by atoms with Gasteiger partial charge in [0.25, 0.3) is 0 Å². The molecule has 3 N–H and O–H groups in total. The number of carbonyl (C=O) groups is 1. The fourth-order valence-electron chi connectivity index (χ4n) is 2.20. The number of nitrogens with one attached hydrogen (secondary N) is 1. The van der Waals surface area contributed by atoms with Gasteiger partial charge in [0.05, 0.1) is 11.3 Å². The molecule has 0 atom stereocenters. The van der Waals surface area contributed by atoms with Crippen molar-refractivity contribution in [1.82, 2.24) is 10.3 Å². The van der Waals surface area contributed by atoms with E-state index in [4.69, 9.17) is 5.73 Å². The topological polar surface area (TPSA) is 116 Å². The van der Waals surface area contributed by atoms with Crippen molar-refractivity contribution in [3.05, 3.63) is 28.6 Å². The van der Waals surface area contributed by atoms with Crippen LogP contribution in [-0.4, -0.2) is 22.7 Å². The summed E-state index contributed by atoms with van der Waals surface area (Å²) >= 11 is 2.58. The summed E-state index contributed by atoms with van der Waals surface area (Å²) in [6.45, 7) is 0. The molecule has 120 valence electrons. The monoisotopic (exact) mass is 355 g/mol. The van der Waals surface area contributed by atoms with E-state index in [2.05, 4.69) is 16.4 Å². The molecule has 1 fully saturated rings. The van der Waals surface area contributed by atoms with E-state index >= 15 is 0 Å². The fraction of sp³-hybridized carbons (Fsp3) is 0.250. The van der Waals surface area contributed by atoms with Crippen LogP contribution >= 0.6 is 23.1 Å². The van der Waals surface area contributed by atoms with Crippen molar-refractivity contribution in [2.45, 2.75) is 23.9 Å². The van der Waals surface area contributed by atoms with Crippen molar-refractivity contribution < 1.29 is 4.79 Å². The Bertz CT molecular complexity index is 860. The number of nitrogens with zero attached hydrogens (tertiary/aromatic N) is 3. The lowest BCUT2D eigenvalue weighted by molar-refractivity contribution is -0.118. The van der Waals surface area contributed by atoms with Crippen LogP contribution in [0.25, 0.3) is 10.4 Å². The molecule has 2 aromatic rings. The molecule has 0 unspecified atom stereocenters. The number of nitrogens with two attached hydrogens (primary N) is 1. The Morgan fingerprint density at radius 2 is 2.17 bits per heavy atom. The van der Waals surface area contributed by atoms with Gasteiger partial charge in [-0.05, 0) is 24.3 Å². The number of thiophene rings is 1. The van der Waals surface area contributed by atoms with E-state index in [1.165, 1.54) is 11.3 Å². The second kappa shape index (κ2) is 6.91. The van der Waals surface area contributed by atoms with Crippen LogP contribution in [0.2, 0.25) is 0 Å². The average molecular weight is 355 g/mol. The number of pyridine rings is 1. The molecule has 3 rings (SSSR count). The molecular formula is C16H13N5OS2. The first-order valence-corrected chi connectivity index (χ1v) is 9.10. The van der Waals surface area contributed by atoms with Crippen molar-refractivity contribution >= 4 is 34.8 Å². The standard InChI is InChI=1S/C16H13N5OS2/c17-6-10-14(12-2-1-5-23-12)11(7-18)16(21-15(10)19)24-8-13(22)20-9-3-4-9/h1-2,5,9H,3-4,8H2,(H2,19,21)(H,20,22). The smallest absolute Gasteiger partial charge is 0.230 e. The number of anilines is 1. The molecule has 2 aromatic heterocycles.